The minimum atomic E-state index is -0.637. The molecule has 2 aliphatic carbocycles. The van der Waals surface area contributed by atoms with E-state index < -0.39 is 5.54 Å². The zero-order valence-corrected chi connectivity index (χ0v) is 14.5. The number of nitrogens with one attached hydrogen (secondary N) is 1. The molecule has 3 nitrogen and oxygen atoms in total. The van der Waals surface area contributed by atoms with Gasteiger partial charge in [0.25, 0.3) is 0 Å². The number of carbonyl (C=O) groups excluding carboxylic acids is 1. The number of hydrogen-bond acceptors (Lipinski definition) is 3. The molecule has 0 spiro atoms. The number of amides is 1. The molecule has 0 aliphatic heterocycles. The van der Waals surface area contributed by atoms with Crippen molar-refractivity contribution in [1.82, 2.24) is 5.32 Å². The third kappa shape index (κ3) is 3.72. The Labute approximate surface area is 142 Å². The SMILES string of the molecule is CC(Sc1ccc2c(c1)CCC2)C(=O)NC1(C#N)CCCCC1. The van der Waals surface area contributed by atoms with Gasteiger partial charge in [0.2, 0.25) is 5.91 Å². The second-order valence-corrected chi connectivity index (χ2v) is 8.20. The van der Waals surface area contributed by atoms with E-state index in [4.69, 9.17) is 0 Å². The van der Waals surface area contributed by atoms with Gasteiger partial charge in [0.1, 0.15) is 5.54 Å². The standard InChI is InChI=1S/C19H24N2OS/c1-14(18(22)21-19(13-20)10-3-2-4-11-19)23-17-9-8-15-6-5-7-16(15)12-17/h8-9,12,14H,2-7,10-11H2,1H3,(H,21,22). The van der Waals surface area contributed by atoms with Crippen molar-refractivity contribution in [1.29, 1.82) is 5.26 Å². The Morgan fingerprint density at radius 1 is 1.22 bits per heavy atom. The monoisotopic (exact) mass is 328 g/mol. The molecule has 1 atom stereocenters. The highest BCUT2D eigenvalue weighted by molar-refractivity contribution is 8.00. The average molecular weight is 328 g/mol. The summed E-state index contributed by atoms with van der Waals surface area (Å²) in [4.78, 5) is 13.7. The lowest BCUT2D eigenvalue weighted by atomic mass is 9.83. The van der Waals surface area contributed by atoms with Gasteiger partial charge in [-0.15, -0.1) is 11.8 Å². The van der Waals surface area contributed by atoms with E-state index in [1.165, 1.54) is 30.4 Å². The summed E-state index contributed by atoms with van der Waals surface area (Å²) in [6.07, 6.45) is 8.36. The second kappa shape index (κ2) is 6.97. The van der Waals surface area contributed by atoms with Crippen molar-refractivity contribution >= 4 is 17.7 Å². The number of thioether (sulfide) groups is 1. The van der Waals surface area contributed by atoms with E-state index in [1.54, 1.807) is 11.8 Å². The number of nitriles is 1. The normalized spacial score (nSPS) is 20.3. The molecule has 1 fully saturated rings. The molecular weight excluding hydrogens is 304 g/mol. The largest absolute Gasteiger partial charge is 0.337 e. The molecule has 1 aromatic carbocycles. The highest BCUT2D eigenvalue weighted by Crippen LogP contribution is 2.31. The van der Waals surface area contributed by atoms with Crippen molar-refractivity contribution in [2.24, 2.45) is 0 Å². The summed E-state index contributed by atoms with van der Waals surface area (Å²) in [7, 11) is 0. The minimum Gasteiger partial charge on any atom is -0.337 e. The quantitative estimate of drug-likeness (QED) is 0.850. The first-order valence-corrected chi connectivity index (χ1v) is 9.52. The Bertz CT molecular complexity index is 629. The summed E-state index contributed by atoms with van der Waals surface area (Å²) in [6.45, 7) is 1.93. The fourth-order valence-corrected chi connectivity index (χ4v) is 4.57. The number of aryl methyl sites for hydroxylation is 2. The Hall–Kier alpha value is -1.47. The summed E-state index contributed by atoms with van der Waals surface area (Å²) < 4.78 is 0. The summed E-state index contributed by atoms with van der Waals surface area (Å²) in [6, 6.07) is 8.92. The van der Waals surface area contributed by atoms with E-state index in [9.17, 15) is 10.1 Å². The lowest BCUT2D eigenvalue weighted by Gasteiger charge is -2.32. The van der Waals surface area contributed by atoms with Crippen LogP contribution in [-0.4, -0.2) is 16.7 Å². The van der Waals surface area contributed by atoms with Crippen LogP contribution in [0.3, 0.4) is 0 Å². The van der Waals surface area contributed by atoms with Crippen LogP contribution < -0.4 is 5.32 Å². The molecule has 1 saturated carbocycles. The number of nitrogens with zero attached hydrogens (tertiary/aromatic N) is 1. The Morgan fingerprint density at radius 2 is 1.96 bits per heavy atom. The maximum atomic E-state index is 12.5. The van der Waals surface area contributed by atoms with Crippen LogP contribution in [-0.2, 0) is 17.6 Å². The van der Waals surface area contributed by atoms with Crippen molar-refractivity contribution in [3.63, 3.8) is 0 Å². The van der Waals surface area contributed by atoms with E-state index in [2.05, 4.69) is 29.6 Å². The molecule has 0 saturated heterocycles. The average Bonchev–Trinajstić information content (AvgIpc) is 3.03. The van der Waals surface area contributed by atoms with Crippen molar-refractivity contribution in [2.45, 2.75) is 74.0 Å². The lowest BCUT2D eigenvalue weighted by Crippen LogP contribution is -2.50. The van der Waals surface area contributed by atoms with Gasteiger partial charge in [-0.1, -0.05) is 25.3 Å². The summed E-state index contributed by atoms with van der Waals surface area (Å²) in [5.41, 5.74) is 2.25. The Balaban J connectivity index is 1.62. The van der Waals surface area contributed by atoms with Gasteiger partial charge < -0.3 is 5.32 Å². The molecule has 1 aromatic rings. The van der Waals surface area contributed by atoms with Gasteiger partial charge >= 0.3 is 0 Å². The molecule has 3 rings (SSSR count). The van der Waals surface area contributed by atoms with Crippen LogP contribution in [0.2, 0.25) is 0 Å². The molecule has 1 unspecified atom stereocenters. The molecule has 122 valence electrons. The van der Waals surface area contributed by atoms with E-state index in [0.29, 0.717) is 0 Å². The van der Waals surface area contributed by atoms with Crippen molar-refractivity contribution < 1.29 is 4.79 Å². The predicted octanol–water partition coefficient (Wildman–Crippen LogP) is 4.00. The maximum absolute atomic E-state index is 12.5. The van der Waals surface area contributed by atoms with Gasteiger partial charge in [-0.05, 0) is 62.3 Å². The van der Waals surface area contributed by atoms with Gasteiger partial charge in [0, 0.05) is 4.90 Å². The van der Waals surface area contributed by atoms with E-state index in [-0.39, 0.29) is 11.2 Å². The summed E-state index contributed by atoms with van der Waals surface area (Å²) in [5, 5.41) is 12.4. The molecule has 1 N–H and O–H groups in total. The zero-order chi connectivity index (χ0) is 16.3. The summed E-state index contributed by atoms with van der Waals surface area (Å²) in [5.74, 6) is -0.0149. The molecule has 0 bridgehead atoms. The lowest BCUT2D eigenvalue weighted by molar-refractivity contribution is -0.121. The van der Waals surface area contributed by atoms with Gasteiger partial charge in [0.15, 0.2) is 0 Å². The third-order valence-electron chi connectivity index (χ3n) is 5.04. The van der Waals surface area contributed by atoms with Gasteiger partial charge in [-0.2, -0.15) is 5.26 Å². The number of hydrogen-bond donors (Lipinski definition) is 1. The molecule has 2 aliphatic rings. The Kier molecular flexibility index (Phi) is 4.96. The first-order chi connectivity index (χ1) is 11.1. The fraction of sp³-hybridized carbons (Fsp3) is 0.579. The smallest absolute Gasteiger partial charge is 0.234 e. The molecule has 0 radical (unpaired) electrons. The number of fused-ring (bicyclic) bond motifs is 1. The molecular formula is C19H24N2OS. The van der Waals surface area contributed by atoms with E-state index in [0.717, 1.165) is 37.0 Å². The van der Waals surface area contributed by atoms with Gasteiger partial charge in [0.05, 0.1) is 11.3 Å². The zero-order valence-electron chi connectivity index (χ0n) is 13.7. The Morgan fingerprint density at radius 3 is 2.70 bits per heavy atom. The van der Waals surface area contributed by atoms with Crippen LogP contribution in [0.15, 0.2) is 23.1 Å². The molecule has 1 amide bonds. The number of benzene rings is 1. The first-order valence-electron chi connectivity index (χ1n) is 8.64. The fourth-order valence-electron chi connectivity index (χ4n) is 3.64. The maximum Gasteiger partial charge on any atom is 0.234 e. The van der Waals surface area contributed by atoms with Crippen LogP contribution in [0.5, 0.6) is 0 Å². The van der Waals surface area contributed by atoms with Gasteiger partial charge in [-0.25, -0.2) is 0 Å². The molecule has 0 heterocycles. The highest BCUT2D eigenvalue weighted by Gasteiger charge is 2.34. The number of carbonyl (C=O) groups is 1. The minimum absolute atomic E-state index is 0.0149. The van der Waals surface area contributed by atoms with Crippen LogP contribution in [0.1, 0.15) is 56.6 Å². The second-order valence-electron chi connectivity index (χ2n) is 6.79. The molecule has 23 heavy (non-hydrogen) atoms. The van der Waals surface area contributed by atoms with Crippen molar-refractivity contribution in [3.05, 3.63) is 29.3 Å². The highest BCUT2D eigenvalue weighted by atomic mass is 32.2. The van der Waals surface area contributed by atoms with Crippen LogP contribution >= 0.6 is 11.8 Å². The predicted molar refractivity (Wildman–Crippen MR) is 93.4 cm³/mol. The summed E-state index contributed by atoms with van der Waals surface area (Å²) >= 11 is 1.59. The molecule has 0 aromatic heterocycles. The van der Waals surface area contributed by atoms with E-state index in [1.807, 2.05) is 6.92 Å². The van der Waals surface area contributed by atoms with E-state index >= 15 is 0 Å². The van der Waals surface area contributed by atoms with Gasteiger partial charge in [-0.3, -0.25) is 4.79 Å². The van der Waals surface area contributed by atoms with Crippen molar-refractivity contribution in [3.8, 4) is 6.07 Å². The first kappa shape index (κ1) is 16.4. The van der Waals surface area contributed by atoms with Crippen LogP contribution in [0.4, 0.5) is 0 Å². The number of rotatable bonds is 4. The van der Waals surface area contributed by atoms with Crippen LogP contribution in [0.25, 0.3) is 0 Å². The topological polar surface area (TPSA) is 52.9 Å². The van der Waals surface area contributed by atoms with Crippen LogP contribution in [0, 0.1) is 11.3 Å². The molecule has 4 heteroatoms. The third-order valence-corrected chi connectivity index (χ3v) is 6.13. The van der Waals surface area contributed by atoms with Crippen molar-refractivity contribution in [2.75, 3.05) is 0 Å².